The second-order valence-corrected chi connectivity index (χ2v) is 7.14. The van der Waals surface area contributed by atoms with Crippen LogP contribution < -0.4 is 14.8 Å². The summed E-state index contributed by atoms with van der Waals surface area (Å²) in [6.07, 6.45) is 0. The van der Waals surface area contributed by atoms with Gasteiger partial charge in [0.05, 0.1) is 11.6 Å². The maximum absolute atomic E-state index is 14.1. The third-order valence-electron chi connectivity index (χ3n) is 4.05. The Labute approximate surface area is 154 Å². The summed E-state index contributed by atoms with van der Waals surface area (Å²) in [5, 5.41) is 2.93. The van der Waals surface area contributed by atoms with Gasteiger partial charge in [-0.05, 0) is 41.8 Å². The van der Waals surface area contributed by atoms with Crippen LogP contribution >= 0.6 is 15.9 Å². The number of carbonyl (C=O) groups excluding carboxylic acids is 1. The molecule has 0 saturated heterocycles. The average molecular weight is 408 g/mol. The maximum atomic E-state index is 14.1. The van der Waals surface area contributed by atoms with Gasteiger partial charge in [-0.3, -0.25) is 4.79 Å². The number of rotatable bonds is 4. The van der Waals surface area contributed by atoms with Crippen LogP contribution in [0.5, 0.6) is 11.5 Å². The minimum Gasteiger partial charge on any atom is -0.486 e. The van der Waals surface area contributed by atoms with E-state index in [0.717, 1.165) is 5.56 Å². The maximum Gasteiger partial charge on any atom is 0.254 e. The van der Waals surface area contributed by atoms with E-state index < -0.39 is 11.7 Å². The fourth-order valence-corrected chi connectivity index (χ4v) is 3.11. The van der Waals surface area contributed by atoms with Crippen LogP contribution in [0.25, 0.3) is 0 Å². The molecular formula is C19H19BrFNO3. The van der Waals surface area contributed by atoms with Crippen molar-refractivity contribution < 1.29 is 18.7 Å². The van der Waals surface area contributed by atoms with Gasteiger partial charge in [-0.25, -0.2) is 4.39 Å². The Morgan fingerprint density at radius 3 is 2.52 bits per heavy atom. The molecule has 2 aromatic rings. The van der Waals surface area contributed by atoms with Crippen LogP contribution in [0.4, 0.5) is 4.39 Å². The first-order valence-corrected chi connectivity index (χ1v) is 8.90. The Morgan fingerprint density at radius 1 is 1.12 bits per heavy atom. The summed E-state index contributed by atoms with van der Waals surface area (Å²) < 4.78 is 25.8. The highest BCUT2D eigenvalue weighted by molar-refractivity contribution is 9.10. The smallest absolute Gasteiger partial charge is 0.254 e. The lowest BCUT2D eigenvalue weighted by Gasteiger charge is -2.25. The Hall–Kier alpha value is -2.08. The second-order valence-electron chi connectivity index (χ2n) is 6.22. The summed E-state index contributed by atoms with van der Waals surface area (Å²) in [6, 6.07) is 9.73. The summed E-state index contributed by atoms with van der Waals surface area (Å²) in [5.41, 5.74) is 0.913. The molecule has 132 valence electrons. The number of hydrogen-bond acceptors (Lipinski definition) is 3. The van der Waals surface area contributed by atoms with Crippen LogP contribution in [-0.2, 0) is 0 Å². The van der Waals surface area contributed by atoms with Crippen LogP contribution in [0.2, 0.25) is 0 Å². The summed E-state index contributed by atoms with van der Waals surface area (Å²) in [4.78, 5) is 12.5. The number of halogens is 2. The molecule has 0 aromatic heterocycles. The van der Waals surface area contributed by atoms with Gasteiger partial charge in [0.1, 0.15) is 19.0 Å². The molecule has 1 aliphatic rings. The number of ether oxygens (including phenoxy) is 2. The van der Waals surface area contributed by atoms with Gasteiger partial charge in [-0.15, -0.1) is 0 Å². The van der Waals surface area contributed by atoms with Crippen molar-refractivity contribution in [3.63, 3.8) is 0 Å². The van der Waals surface area contributed by atoms with Crippen LogP contribution in [0.15, 0.2) is 40.9 Å². The van der Waals surface area contributed by atoms with Gasteiger partial charge < -0.3 is 14.8 Å². The molecule has 6 heteroatoms. The molecule has 1 atom stereocenters. The summed E-state index contributed by atoms with van der Waals surface area (Å²) in [6.45, 7) is 5.03. The van der Waals surface area contributed by atoms with E-state index in [9.17, 15) is 9.18 Å². The molecule has 1 heterocycles. The van der Waals surface area contributed by atoms with Crippen molar-refractivity contribution in [1.82, 2.24) is 5.32 Å². The number of amides is 1. The molecular weight excluding hydrogens is 389 g/mol. The fourth-order valence-electron chi connectivity index (χ4n) is 2.78. The molecule has 1 unspecified atom stereocenters. The van der Waals surface area contributed by atoms with Gasteiger partial charge in [0, 0.05) is 4.47 Å². The molecule has 0 spiro atoms. The van der Waals surface area contributed by atoms with E-state index in [-0.39, 0.29) is 17.5 Å². The second kappa shape index (κ2) is 7.44. The molecule has 4 nitrogen and oxygen atoms in total. The molecule has 1 aliphatic heterocycles. The lowest BCUT2D eigenvalue weighted by atomic mass is 9.95. The first kappa shape index (κ1) is 17.7. The van der Waals surface area contributed by atoms with E-state index in [4.69, 9.17) is 9.47 Å². The number of carbonyl (C=O) groups is 1. The van der Waals surface area contributed by atoms with Gasteiger partial charge >= 0.3 is 0 Å². The number of benzene rings is 2. The van der Waals surface area contributed by atoms with Crippen molar-refractivity contribution in [2.24, 2.45) is 5.92 Å². The molecule has 0 fully saturated rings. The standard InChI is InChI=1S/C19H19BrFNO3/c1-11(2)18(12-3-6-16-17(9-12)25-8-7-24-16)22-19(23)14-5-4-13(20)10-15(14)21/h3-6,9-11,18H,7-8H2,1-2H3,(H,22,23). The van der Waals surface area contributed by atoms with Crippen LogP contribution in [0, 0.1) is 11.7 Å². The van der Waals surface area contributed by atoms with Gasteiger partial charge in [0.25, 0.3) is 5.91 Å². The highest BCUT2D eigenvalue weighted by Crippen LogP contribution is 2.34. The minimum absolute atomic E-state index is 0.0198. The topological polar surface area (TPSA) is 47.6 Å². The van der Waals surface area contributed by atoms with E-state index in [1.807, 2.05) is 32.0 Å². The van der Waals surface area contributed by atoms with Gasteiger partial charge in [-0.2, -0.15) is 0 Å². The highest BCUT2D eigenvalue weighted by Gasteiger charge is 2.23. The van der Waals surface area contributed by atoms with Crippen molar-refractivity contribution in [2.75, 3.05) is 13.2 Å². The number of nitrogens with one attached hydrogen (secondary N) is 1. The first-order valence-electron chi connectivity index (χ1n) is 8.11. The summed E-state index contributed by atoms with van der Waals surface area (Å²) >= 11 is 3.19. The third-order valence-corrected chi connectivity index (χ3v) is 4.55. The molecule has 0 radical (unpaired) electrons. The monoisotopic (exact) mass is 407 g/mol. The zero-order valence-corrected chi connectivity index (χ0v) is 15.6. The zero-order chi connectivity index (χ0) is 18.0. The Balaban J connectivity index is 1.85. The number of fused-ring (bicyclic) bond motifs is 1. The van der Waals surface area contributed by atoms with Gasteiger partial charge in [0.2, 0.25) is 0 Å². The van der Waals surface area contributed by atoms with Gasteiger partial charge in [0.15, 0.2) is 11.5 Å². The summed E-state index contributed by atoms with van der Waals surface area (Å²) in [7, 11) is 0. The van der Waals surface area contributed by atoms with Crippen LogP contribution in [0.3, 0.4) is 0 Å². The quantitative estimate of drug-likeness (QED) is 0.811. The molecule has 1 amide bonds. The van der Waals surface area contributed by atoms with Crippen LogP contribution in [-0.4, -0.2) is 19.1 Å². The minimum atomic E-state index is -0.559. The first-order chi connectivity index (χ1) is 12.0. The molecule has 1 N–H and O–H groups in total. The lowest BCUT2D eigenvalue weighted by Crippen LogP contribution is -2.32. The van der Waals surface area contributed by atoms with Gasteiger partial charge in [-0.1, -0.05) is 35.8 Å². The fraction of sp³-hybridized carbons (Fsp3) is 0.316. The Bertz CT molecular complexity index is 794. The van der Waals surface area contributed by atoms with E-state index >= 15 is 0 Å². The van der Waals surface area contributed by atoms with Crippen molar-refractivity contribution in [2.45, 2.75) is 19.9 Å². The van der Waals surface area contributed by atoms with E-state index in [2.05, 4.69) is 21.2 Å². The third kappa shape index (κ3) is 3.95. The summed E-state index contributed by atoms with van der Waals surface area (Å²) in [5.74, 6) is 0.474. The Morgan fingerprint density at radius 2 is 1.84 bits per heavy atom. The molecule has 0 bridgehead atoms. The molecule has 2 aromatic carbocycles. The molecule has 25 heavy (non-hydrogen) atoms. The molecule has 0 saturated carbocycles. The Kier molecular flexibility index (Phi) is 5.27. The highest BCUT2D eigenvalue weighted by atomic mass is 79.9. The predicted molar refractivity (Wildman–Crippen MR) is 96.6 cm³/mol. The molecule has 0 aliphatic carbocycles. The normalized spacial score (nSPS) is 14.3. The lowest BCUT2D eigenvalue weighted by molar-refractivity contribution is 0.0921. The van der Waals surface area contributed by atoms with Crippen LogP contribution in [0.1, 0.15) is 35.8 Å². The molecule has 3 rings (SSSR count). The number of hydrogen-bond donors (Lipinski definition) is 1. The van der Waals surface area contributed by atoms with Crippen molar-refractivity contribution in [1.29, 1.82) is 0 Å². The van der Waals surface area contributed by atoms with Crippen molar-refractivity contribution in [3.8, 4) is 11.5 Å². The predicted octanol–water partition coefficient (Wildman–Crippen LogP) is 4.49. The SMILES string of the molecule is CC(C)C(NC(=O)c1ccc(Br)cc1F)c1ccc2c(c1)OCCO2. The zero-order valence-electron chi connectivity index (χ0n) is 14.0. The van der Waals surface area contributed by atoms with E-state index in [0.29, 0.717) is 29.2 Å². The van der Waals surface area contributed by atoms with E-state index in [1.165, 1.54) is 12.1 Å². The van der Waals surface area contributed by atoms with Crippen molar-refractivity contribution >= 4 is 21.8 Å². The average Bonchev–Trinajstić information content (AvgIpc) is 2.58. The largest absolute Gasteiger partial charge is 0.486 e. The van der Waals surface area contributed by atoms with Crippen molar-refractivity contribution in [3.05, 3.63) is 57.8 Å². The van der Waals surface area contributed by atoms with E-state index in [1.54, 1.807) is 6.07 Å².